The first-order chi connectivity index (χ1) is 10.3. The third-order valence-electron chi connectivity index (χ3n) is 2.83. The molecule has 0 unspecified atom stereocenters. The van der Waals surface area contributed by atoms with E-state index in [0.717, 1.165) is 22.0 Å². The van der Waals surface area contributed by atoms with E-state index in [1.165, 1.54) is 0 Å². The van der Waals surface area contributed by atoms with Crippen molar-refractivity contribution in [1.29, 1.82) is 0 Å². The Bertz CT molecular complexity index is 572. The van der Waals surface area contributed by atoms with Crippen molar-refractivity contribution in [3.63, 3.8) is 0 Å². The van der Waals surface area contributed by atoms with Crippen LogP contribution in [0.1, 0.15) is 17.3 Å². The van der Waals surface area contributed by atoms with Gasteiger partial charge in [0.1, 0.15) is 12.4 Å². The van der Waals surface area contributed by atoms with Crippen LogP contribution >= 0.6 is 11.8 Å². The summed E-state index contributed by atoms with van der Waals surface area (Å²) in [6.45, 7) is 3.02. The van der Waals surface area contributed by atoms with Gasteiger partial charge in [-0.25, -0.2) is 0 Å². The molecule has 0 saturated carbocycles. The molecule has 0 aliphatic rings. The molecule has 0 atom stereocenters. The van der Waals surface area contributed by atoms with Gasteiger partial charge in [0.25, 0.3) is 5.91 Å². The number of nitrogens with one attached hydrogen (secondary N) is 1. The lowest BCUT2D eigenvalue weighted by molar-refractivity contribution is 0.0944. The SMILES string of the molecule is CCSc1ccccc1C(=O)NCCOc1ccccc1. The topological polar surface area (TPSA) is 38.3 Å². The van der Waals surface area contributed by atoms with Gasteiger partial charge < -0.3 is 10.1 Å². The minimum Gasteiger partial charge on any atom is -0.492 e. The van der Waals surface area contributed by atoms with Crippen molar-refractivity contribution in [1.82, 2.24) is 5.32 Å². The molecule has 3 nitrogen and oxygen atoms in total. The maximum absolute atomic E-state index is 12.2. The molecule has 4 heteroatoms. The standard InChI is InChI=1S/C17H19NO2S/c1-2-21-16-11-7-6-10-15(16)17(19)18-12-13-20-14-8-4-3-5-9-14/h3-11H,2,12-13H2,1H3,(H,18,19). The molecule has 0 aliphatic carbocycles. The van der Waals surface area contributed by atoms with Crippen LogP contribution in [0.5, 0.6) is 5.75 Å². The molecule has 0 radical (unpaired) electrons. The minimum absolute atomic E-state index is 0.0526. The maximum Gasteiger partial charge on any atom is 0.252 e. The van der Waals surface area contributed by atoms with E-state index < -0.39 is 0 Å². The number of carbonyl (C=O) groups is 1. The second kappa shape index (κ2) is 8.37. The molecule has 2 rings (SSSR count). The Morgan fingerprint density at radius 1 is 1.10 bits per heavy atom. The minimum atomic E-state index is -0.0526. The van der Waals surface area contributed by atoms with Gasteiger partial charge in [-0.2, -0.15) is 0 Å². The summed E-state index contributed by atoms with van der Waals surface area (Å²) in [5.41, 5.74) is 0.726. The van der Waals surface area contributed by atoms with E-state index in [1.54, 1.807) is 11.8 Å². The first-order valence-corrected chi connectivity index (χ1v) is 7.97. The van der Waals surface area contributed by atoms with Crippen molar-refractivity contribution in [2.24, 2.45) is 0 Å². The molecule has 1 N–H and O–H groups in total. The van der Waals surface area contributed by atoms with E-state index in [4.69, 9.17) is 4.74 Å². The average molecular weight is 301 g/mol. The number of carbonyl (C=O) groups excluding carboxylic acids is 1. The Hall–Kier alpha value is -1.94. The summed E-state index contributed by atoms with van der Waals surface area (Å²) in [5.74, 6) is 1.71. The van der Waals surface area contributed by atoms with Crippen molar-refractivity contribution in [2.45, 2.75) is 11.8 Å². The molecule has 0 saturated heterocycles. The summed E-state index contributed by atoms with van der Waals surface area (Å²) in [7, 11) is 0. The largest absolute Gasteiger partial charge is 0.492 e. The third kappa shape index (κ3) is 4.83. The van der Waals surface area contributed by atoms with Crippen LogP contribution in [0.4, 0.5) is 0 Å². The highest BCUT2D eigenvalue weighted by Gasteiger charge is 2.09. The highest BCUT2D eigenvalue weighted by molar-refractivity contribution is 7.99. The number of ether oxygens (including phenoxy) is 1. The molecule has 1 amide bonds. The van der Waals surface area contributed by atoms with Gasteiger partial charge >= 0.3 is 0 Å². The second-order valence-corrected chi connectivity index (χ2v) is 5.65. The normalized spacial score (nSPS) is 10.1. The van der Waals surface area contributed by atoms with Crippen LogP contribution in [0.3, 0.4) is 0 Å². The number of benzene rings is 2. The summed E-state index contributed by atoms with van der Waals surface area (Å²) >= 11 is 1.67. The molecule has 0 fully saturated rings. The monoisotopic (exact) mass is 301 g/mol. The molecule has 0 bridgehead atoms. The number of rotatable bonds is 7. The lowest BCUT2D eigenvalue weighted by Crippen LogP contribution is -2.28. The molecule has 0 aliphatic heterocycles. The van der Waals surface area contributed by atoms with E-state index in [1.807, 2.05) is 54.6 Å². The summed E-state index contributed by atoms with van der Waals surface area (Å²) < 4.78 is 5.55. The van der Waals surface area contributed by atoms with Crippen LogP contribution in [0.2, 0.25) is 0 Å². The second-order valence-electron chi connectivity index (χ2n) is 4.35. The summed E-state index contributed by atoms with van der Waals surface area (Å²) in [5, 5.41) is 2.89. The Labute approximate surface area is 129 Å². The van der Waals surface area contributed by atoms with Gasteiger partial charge in [0, 0.05) is 4.90 Å². The van der Waals surface area contributed by atoms with Gasteiger partial charge in [-0.1, -0.05) is 37.3 Å². The predicted molar refractivity (Wildman–Crippen MR) is 87.1 cm³/mol. The molecule has 0 heterocycles. The summed E-state index contributed by atoms with van der Waals surface area (Å²) in [6, 6.07) is 17.2. The lowest BCUT2D eigenvalue weighted by atomic mass is 10.2. The fourth-order valence-electron chi connectivity index (χ4n) is 1.88. The zero-order valence-electron chi connectivity index (χ0n) is 12.0. The highest BCUT2D eigenvalue weighted by Crippen LogP contribution is 2.21. The number of amides is 1. The molecular formula is C17H19NO2S. The Morgan fingerprint density at radius 3 is 2.57 bits per heavy atom. The fourth-order valence-corrected chi connectivity index (χ4v) is 2.68. The number of hydrogen-bond acceptors (Lipinski definition) is 3. The van der Waals surface area contributed by atoms with Crippen molar-refractivity contribution in [3.05, 3.63) is 60.2 Å². The van der Waals surface area contributed by atoms with Crippen LogP contribution in [0, 0.1) is 0 Å². The van der Waals surface area contributed by atoms with Gasteiger partial charge in [-0.15, -0.1) is 11.8 Å². The molecule has 21 heavy (non-hydrogen) atoms. The smallest absolute Gasteiger partial charge is 0.252 e. The fraction of sp³-hybridized carbons (Fsp3) is 0.235. The van der Waals surface area contributed by atoms with Crippen LogP contribution in [0.15, 0.2) is 59.5 Å². The van der Waals surface area contributed by atoms with Gasteiger partial charge in [-0.05, 0) is 30.0 Å². The van der Waals surface area contributed by atoms with Crippen LogP contribution in [0.25, 0.3) is 0 Å². The lowest BCUT2D eigenvalue weighted by Gasteiger charge is -2.10. The average Bonchev–Trinajstić information content (AvgIpc) is 2.53. The molecule has 2 aromatic rings. The molecule has 110 valence electrons. The van der Waals surface area contributed by atoms with Crippen LogP contribution in [-0.2, 0) is 0 Å². The van der Waals surface area contributed by atoms with Gasteiger partial charge in [0.15, 0.2) is 0 Å². The zero-order chi connectivity index (χ0) is 14.9. The van der Waals surface area contributed by atoms with Gasteiger partial charge in [-0.3, -0.25) is 4.79 Å². The van der Waals surface area contributed by atoms with Crippen LogP contribution < -0.4 is 10.1 Å². The highest BCUT2D eigenvalue weighted by atomic mass is 32.2. The van der Waals surface area contributed by atoms with Crippen LogP contribution in [-0.4, -0.2) is 24.8 Å². The Morgan fingerprint density at radius 2 is 1.81 bits per heavy atom. The quantitative estimate of drug-likeness (QED) is 0.627. The van der Waals surface area contributed by atoms with E-state index in [2.05, 4.69) is 12.2 Å². The molecular weight excluding hydrogens is 282 g/mol. The number of para-hydroxylation sites is 1. The molecule has 2 aromatic carbocycles. The van der Waals surface area contributed by atoms with E-state index in [0.29, 0.717) is 13.2 Å². The summed E-state index contributed by atoms with van der Waals surface area (Å²) in [6.07, 6.45) is 0. The van der Waals surface area contributed by atoms with Crippen molar-refractivity contribution in [3.8, 4) is 5.75 Å². The van der Waals surface area contributed by atoms with Crippen molar-refractivity contribution in [2.75, 3.05) is 18.9 Å². The van der Waals surface area contributed by atoms with E-state index in [9.17, 15) is 4.79 Å². The van der Waals surface area contributed by atoms with E-state index >= 15 is 0 Å². The number of hydrogen-bond donors (Lipinski definition) is 1. The van der Waals surface area contributed by atoms with Gasteiger partial charge in [0.2, 0.25) is 0 Å². The van der Waals surface area contributed by atoms with E-state index in [-0.39, 0.29) is 5.91 Å². The Kier molecular flexibility index (Phi) is 6.16. The first-order valence-electron chi connectivity index (χ1n) is 6.99. The third-order valence-corrected chi connectivity index (χ3v) is 3.79. The molecule has 0 aromatic heterocycles. The maximum atomic E-state index is 12.2. The van der Waals surface area contributed by atoms with Crippen molar-refractivity contribution < 1.29 is 9.53 Å². The summed E-state index contributed by atoms with van der Waals surface area (Å²) in [4.78, 5) is 13.2. The first kappa shape index (κ1) is 15.4. The zero-order valence-corrected chi connectivity index (χ0v) is 12.9. The molecule has 0 spiro atoms. The van der Waals surface area contributed by atoms with Gasteiger partial charge in [0.05, 0.1) is 12.1 Å². The Balaban J connectivity index is 1.82. The predicted octanol–water partition coefficient (Wildman–Crippen LogP) is 3.61. The van der Waals surface area contributed by atoms with Crippen molar-refractivity contribution >= 4 is 17.7 Å². The number of thioether (sulfide) groups is 1.